The fraction of sp³-hybridized carbons (Fsp3) is 0.333. The molecule has 1 heterocycles. The molecule has 1 aromatic carbocycles. The molecule has 0 fully saturated rings. The Labute approximate surface area is 89.0 Å². The van der Waals surface area contributed by atoms with Crippen LogP contribution in [0.2, 0.25) is 0 Å². The molecule has 0 saturated carbocycles. The highest BCUT2D eigenvalue weighted by molar-refractivity contribution is 5.77. The van der Waals surface area contributed by atoms with Gasteiger partial charge in [0.2, 0.25) is 0 Å². The number of fused-ring (bicyclic) bond motifs is 1. The maximum absolute atomic E-state index is 8.82. The van der Waals surface area contributed by atoms with E-state index in [2.05, 4.69) is 22.5 Å². The maximum Gasteiger partial charge on any atom is 0.109 e. The van der Waals surface area contributed by atoms with E-state index in [0.29, 0.717) is 5.56 Å². The Morgan fingerprint density at radius 3 is 2.93 bits per heavy atom. The topological polar surface area (TPSA) is 41.6 Å². The third kappa shape index (κ3) is 1.59. The summed E-state index contributed by atoms with van der Waals surface area (Å²) in [6.07, 6.45) is 2.06. The van der Waals surface area contributed by atoms with Crippen LogP contribution in [0, 0.1) is 11.3 Å². The average Bonchev–Trinajstić information content (AvgIpc) is 2.56. The molecule has 0 N–H and O–H groups in total. The molecular weight excluding hydrogens is 186 g/mol. The van der Waals surface area contributed by atoms with Crippen LogP contribution < -0.4 is 0 Å². The van der Waals surface area contributed by atoms with Crippen molar-refractivity contribution >= 4 is 11.0 Å². The number of nitriles is 1. The van der Waals surface area contributed by atoms with Gasteiger partial charge in [0, 0.05) is 13.5 Å². The lowest BCUT2D eigenvalue weighted by molar-refractivity contribution is 0.773. The zero-order valence-corrected chi connectivity index (χ0v) is 8.99. The first kappa shape index (κ1) is 9.72. The summed E-state index contributed by atoms with van der Waals surface area (Å²) in [7, 11) is 2.00. The molecule has 0 aliphatic rings. The van der Waals surface area contributed by atoms with Crippen LogP contribution in [0.3, 0.4) is 0 Å². The predicted octanol–water partition coefficient (Wildman–Crippen LogP) is 2.40. The van der Waals surface area contributed by atoms with E-state index in [4.69, 9.17) is 5.26 Å². The summed E-state index contributed by atoms with van der Waals surface area (Å²) in [5, 5.41) is 8.82. The molecule has 0 bridgehead atoms. The number of aryl methyl sites for hydroxylation is 2. The van der Waals surface area contributed by atoms with Gasteiger partial charge in [0.05, 0.1) is 22.7 Å². The van der Waals surface area contributed by atoms with Gasteiger partial charge in [-0.1, -0.05) is 6.92 Å². The molecule has 2 rings (SSSR count). The van der Waals surface area contributed by atoms with Gasteiger partial charge in [-0.05, 0) is 24.6 Å². The molecule has 76 valence electrons. The molecule has 0 atom stereocenters. The Balaban J connectivity index is 2.62. The van der Waals surface area contributed by atoms with Gasteiger partial charge in [-0.25, -0.2) is 4.98 Å². The monoisotopic (exact) mass is 199 g/mol. The average molecular weight is 199 g/mol. The number of imidazole rings is 1. The van der Waals surface area contributed by atoms with E-state index < -0.39 is 0 Å². The van der Waals surface area contributed by atoms with Crippen molar-refractivity contribution in [2.45, 2.75) is 19.8 Å². The van der Waals surface area contributed by atoms with Crippen LogP contribution in [-0.4, -0.2) is 9.55 Å². The Morgan fingerprint density at radius 2 is 2.27 bits per heavy atom. The molecule has 0 spiro atoms. The van der Waals surface area contributed by atoms with Crippen molar-refractivity contribution in [3.8, 4) is 6.07 Å². The van der Waals surface area contributed by atoms with E-state index >= 15 is 0 Å². The van der Waals surface area contributed by atoms with Crippen LogP contribution in [0.15, 0.2) is 18.2 Å². The fourth-order valence-corrected chi connectivity index (χ4v) is 1.76. The second-order valence-corrected chi connectivity index (χ2v) is 3.65. The highest BCUT2D eigenvalue weighted by Gasteiger charge is 2.06. The second kappa shape index (κ2) is 3.74. The lowest BCUT2D eigenvalue weighted by Crippen LogP contribution is -1.96. The van der Waals surface area contributed by atoms with Crippen LogP contribution in [0.5, 0.6) is 0 Å². The third-order valence-corrected chi connectivity index (χ3v) is 2.58. The van der Waals surface area contributed by atoms with Crippen molar-refractivity contribution in [3.63, 3.8) is 0 Å². The molecule has 3 nitrogen and oxygen atoms in total. The summed E-state index contributed by atoms with van der Waals surface area (Å²) in [6.45, 7) is 2.14. The molecule has 15 heavy (non-hydrogen) atoms. The summed E-state index contributed by atoms with van der Waals surface area (Å²) >= 11 is 0. The zero-order valence-electron chi connectivity index (χ0n) is 8.99. The number of nitrogens with zero attached hydrogens (tertiary/aromatic N) is 3. The normalized spacial score (nSPS) is 10.5. The Hall–Kier alpha value is -1.82. The first-order chi connectivity index (χ1) is 7.26. The fourth-order valence-electron chi connectivity index (χ4n) is 1.76. The summed E-state index contributed by atoms with van der Waals surface area (Å²) in [5.74, 6) is 1.09. The minimum atomic E-state index is 0.688. The van der Waals surface area contributed by atoms with Gasteiger partial charge in [0.25, 0.3) is 0 Å². The Morgan fingerprint density at radius 1 is 1.47 bits per heavy atom. The number of benzene rings is 1. The summed E-state index contributed by atoms with van der Waals surface area (Å²) in [6, 6.07) is 7.76. The van der Waals surface area contributed by atoms with Gasteiger partial charge in [0.1, 0.15) is 5.82 Å². The lowest BCUT2D eigenvalue weighted by atomic mass is 10.2. The molecule has 0 amide bonds. The molecule has 1 aromatic heterocycles. The Bertz CT molecular complexity index is 532. The van der Waals surface area contributed by atoms with Crippen molar-refractivity contribution in [2.24, 2.45) is 7.05 Å². The van der Waals surface area contributed by atoms with Crippen molar-refractivity contribution in [3.05, 3.63) is 29.6 Å². The maximum atomic E-state index is 8.82. The minimum Gasteiger partial charge on any atom is -0.331 e. The summed E-state index contributed by atoms with van der Waals surface area (Å²) in [5.41, 5.74) is 2.70. The summed E-state index contributed by atoms with van der Waals surface area (Å²) < 4.78 is 2.07. The van der Waals surface area contributed by atoms with Gasteiger partial charge in [0.15, 0.2) is 0 Å². The summed E-state index contributed by atoms with van der Waals surface area (Å²) in [4.78, 5) is 4.53. The van der Waals surface area contributed by atoms with Crippen LogP contribution in [0.1, 0.15) is 24.7 Å². The largest absolute Gasteiger partial charge is 0.331 e. The number of aromatic nitrogens is 2. The number of hydrogen-bond donors (Lipinski definition) is 0. The van der Waals surface area contributed by atoms with Crippen LogP contribution in [0.4, 0.5) is 0 Å². The standard InChI is InChI=1S/C12H13N3/c1-3-4-12-14-10-6-5-9(8-13)7-11(10)15(12)2/h5-7H,3-4H2,1-2H3. The van der Waals surface area contributed by atoms with Gasteiger partial charge < -0.3 is 4.57 Å². The SMILES string of the molecule is CCCc1nc2ccc(C#N)cc2n1C. The molecule has 3 heteroatoms. The first-order valence-corrected chi connectivity index (χ1v) is 5.11. The Kier molecular flexibility index (Phi) is 2.42. The molecule has 0 radical (unpaired) electrons. The zero-order chi connectivity index (χ0) is 10.8. The molecule has 0 unspecified atom stereocenters. The van der Waals surface area contributed by atoms with Crippen molar-refractivity contribution < 1.29 is 0 Å². The van der Waals surface area contributed by atoms with Crippen LogP contribution in [-0.2, 0) is 13.5 Å². The quantitative estimate of drug-likeness (QED) is 0.745. The lowest BCUT2D eigenvalue weighted by Gasteiger charge is -1.99. The van der Waals surface area contributed by atoms with E-state index in [1.54, 1.807) is 0 Å². The molecule has 0 saturated heterocycles. The first-order valence-electron chi connectivity index (χ1n) is 5.11. The van der Waals surface area contributed by atoms with E-state index in [9.17, 15) is 0 Å². The van der Waals surface area contributed by atoms with Gasteiger partial charge in [-0.3, -0.25) is 0 Å². The van der Waals surface area contributed by atoms with Crippen molar-refractivity contribution in [2.75, 3.05) is 0 Å². The molecule has 0 aliphatic heterocycles. The minimum absolute atomic E-state index is 0.688. The van der Waals surface area contributed by atoms with E-state index in [1.165, 1.54) is 0 Å². The molecule has 2 aromatic rings. The predicted molar refractivity (Wildman–Crippen MR) is 59.4 cm³/mol. The van der Waals surface area contributed by atoms with Gasteiger partial charge in [-0.15, -0.1) is 0 Å². The van der Waals surface area contributed by atoms with Crippen LogP contribution >= 0.6 is 0 Å². The molecule has 0 aliphatic carbocycles. The van der Waals surface area contributed by atoms with E-state index in [-0.39, 0.29) is 0 Å². The highest BCUT2D eigenvalue weighted by Crippen LogP contribution is 2.17. The number of rotatable bonds is 2. The van der Waals surface area contributed by atoms with Gasteiger partial charge >= 0.3 is 0 Å². The van der Waals surface area contributed by atoms with E-state index in [1.807, 2.05) is 25.2 Å². The van der Waals surface area contributed by atoms with Gasteiger partial charge in [-0.2, -0.15) is 5.26 Å². The smallest absolute Gasteiger partial charge is 0.109 e. The van der Waals surface area contributed by atoms with Crippen molar-refractivity contribution in [1.82, 2.24) is 9.55 Å². The number of hydrogen-bond acceptors (Lipinski definition) is 2. The van der Waals surface area contributed by atoms with Crippen LogP contribution in [0.25, 0.3) is 11.0 Å². The third-order valence-electron chi connectivity index (χ3n) is 2.58. The molecular formula is C12H13N3. The van der Waals surface area contributed by atoms with E-state index in [0.717, 1.165) is 29.7 Å². The second-order valence-electron chi connectivity index (χ2n) is 3.65. The van der Waals surface area contributed by atoms with Crippen molar-refractivity contribution in [1.29, 1.82) is 5.26 Å². The highest BCUT2D eigenvalue weighted by atomic mass is 15.1.